The maximum atomic E-state index is 14.1. The van der Waals surface area contributed by atoms with E-state index >= 15 is 0 Å². The predicted octanol–water partition coefficient (Wildman–Crippen LogP) is 5.06. The molecule has 0 amide bonds. The lowest BCUT2D eigenvalue weighted by Gasteiger charge is -2.36. The van der Waals surface area contributed by atoms with Crippen molar-refractivity contribution in [2.75, 3.05) is 13.7 Å². The zero-order chi connectivity index (χ0) is 27.5. The van der Waals surface area contributed by atoms with Crippen LogP contribution in [0.25, 0.3) is 0 Å². The Kier molecular flexibility index (Phi) is 7.79. The predicted molar refractivity (Wildman–Crippen MR) is 143 cm³/mol. The van der Waals surface area contributed by atoms with Gasteiger partial charge in [0.05, 0.1) is 30.4 Å². The normalized spacial score (nSPS) is 22.0. The highest BCUT2D eigenvalue weighted by atomic mass is 35.5. The molecule has 0 aliphatic carbocycles. The molecule has 1 fully saturated rings. The quantitative estimate of drug-likeness (QED) is 0.357. The van der Waals surface area contributed by atoms with E-state index in [1.54, 1.807) is 31.4 Å². The first-order valence-electron chi connectivity index (χ1n) is 12.5. The average molecular weight is 551 g/mol. The molecule has 2 heterocycles. The summed E-state index contributed by atoms with van der Waals surface area (Å²) in [5.74, 6) is 0.846. The van der Waals surface area contributed by atoms with E-state index in [4.69, 9.17) is 36.3 Å². The van der Waals surface area contributed by atoms with Crippen LogP contribution in [0.3, 0.4) is 0 Å². The number of nitriles is 1. The summed E-state index contributed by atoms with van der Waals surface area (Å²) in [6, 6.07) is 19.6. The molecule has 1 saturated heterocycles. The Bertz CT molecular complexity index is 1410. The molecule has 3 aromatic rings. The molecule has 0 radical (unpaired) electrons. The maximum absolute atomic E-state index is 14.1. The van der Waals surface area contributed by atoms with Crippen LogP contribution >= 0.6 is 11.6 Å². The summed E-state index contributed by atoms with van der Waals surface area (Å²) in [6.45, 7) is 2.41. The van der Waals surface area contributed by atoms with Gasteiger partial charge in [0, 0.05) is 17.4 Å². The minimum atomic E-state index is -0.478. The number of ether oxygens (including phenoxy) is 4. The van der Waals surface area contributed by atoms with Crippen LogP contribution in [0, 0.1) is 23.1 Å². The zero-order valence-corrected chi connectivity index (χ0v) is 22.2. The summed E-state index contributed by atoms with van der Waals surface area (Å²) in [5, 5.41) is 10.3. The van der Waals surface area contributed by atoms with Crippen molar-refractivity contribution in [3.05, 3.63) is 99.7 Å². The molecule has 2 aliphatic heterocycles. The van der Waals surface area contributed by atoms with Gasteiger partial charge in [-0.15, -0.1) is 0 Å². The Balaban J connectivity index is 1.44. The van der Waals surface area contributed by atoms with Gasteiger partial charge in [-0.3, -0.25) is 0 Å². The molecule has 39 heavy (non-hydrogen) atoms. The molecule has 0 saturated carbocycles. The molecule has 0 aromatic heterocycles. The first kappa shape index (κ1) is 26.6. The lowest BCUT2D eigenvalue weighted by atomic mass is 9.74. The summed E-state index contributed by atoms with van der Waals surface area (Å²) in [5.41, 5.74) is 15.1. The first-order chi connectivity index (χ1) is 18.9. The third kappa shape index (κ3) is 5.19. The van der Waals surface area contributed by atoms with Gasteiger partial charge in [-0.05, 0) is 54.4 Å². The van der Waals surface area contributed by atoms with Gasteiger partial charge in [-0.1, -0.05) is 35.9 Å². The number of nitrogens with one attached hydrogen (secondary N) is 2. The number of halogens is 2. The first-order valence-corrected chi connectivity index (χ1v) is 12.9. The Hall–Kier alpha value is -3.97. The highest BCUT2D eigenvalue weighted by molar-refractivity contribution is 6.31. The van der Waals surface area contributed by atoms with E-state index in [2.05, 4.69) is 16.9 Å². The number of benzene rings is 3. The maximum Gasteiger partial charge on any atom is 0.200 e. The van der Waals surface area contributed by atoms with E-state index in [9.17, 15) is 9.65 Å². The van der Waals surface area contributed by atoms with Gasteiger partial charge < -0.3 is 24.7 Å². The SMILES string of the molecule is CCOc1ccc(C2NNC3OC(N)=C(C#N)C(c4ccc(OCc5c(F)cccc5Cl)cc4)C32)cc1OC. The molecule has 4 atom stereocenters. The Morgan fingerprint density at radius 2 is 1.82 bits per heavy atom. The fraction of sp³-hybridized carbons (Fsp3) is 0.276. The molecule has 8 nitrogen and oxygen atoms in total. The summed E-state index contributed by atoms with van der Waals surface area (Å²) in [6.07, 6.45) is -0.478. The molecule has 2 aliphatic rings. The number of nitrogens with two attached hydrogens (primary N) is 1. The van der Waals surface area contributed by atoms with Gasteiger partial charge in [0.25, 0.3) is 0 Å². The largest absolute Gasteiger partial charge is 0.493 e. The summed E-state index contributed by atoms with van der Waals surface area (Å²) >= 11 is 6.12. The number of hydrogen-bond acceptors (Lipinski definition) is 8. The third-order valence-corrected chi connectivity index (χ3v) is 7.34. The Morgan fingerprint density at radius 3 is 2.51 bits per heavy atom. The van der Waals surface area contributed by atoms with Crippen LogP contribution in [0.1, 0.15) is 35.6 Å². The molecule has 3 aromatic carbocycles. The average Bonchev–Trinajstić information content (AvgIpc) is 3.36. The topological polar surface area (TPSA) is 111 Å². The number of hydrazine groups is 1. The standard InChI is InChI=1S/C29H28ClFN4O4/c1-3-37-23-12-9-17(13-24(23)36-2)27-26-25(19(14-32)28(33)39-29(26)35-34-27)16-7-10-18(11-8-16)38-15-20-21(30)5-4-6-22(20)31/h4-13,25-27,29,34-35H,3,15,33H2,1-2H3. The Morgan fingerprint density at radius 1 is 1.05 bits per heavy atom. The minimum Gasteiger partial charge on any atom is -0.493 e. The number of fused-ring (bicyclic) bond motifs is 1. The monoisotopic (exact) mass is 550 g/mol. The lowest BCUT2D eigenvalue weighted by molar-refractivity contribution is 0.0340. The van der Waals surface area contributed by atoms with Gasteiger partial charge in [0.1, 0.15) is 24.2 Å². The summed E-state index contributed by atoms with van der Waals surface area (Å²) in [7, 11) is 1.60. The third-order valence-electron chi connectivity index (χ3n) is 6.98. The van der Waals surface area contributed by atoms with E-state index in [0.29, 0.717) is 34.5 Å². The van der Waals surface area contributed by atoms with E-state index in [0.717, 1.165) is 11.1 Å². The molecule has 4 unspecified atom stereocenters. The molecular formula is C29H28ClFN4O4. The lowest BCUT2D eigenvalue weighted by Crippen LogP contribution is -2.40. The molecule has 202 valence electrons. The van der Waals surface area contributed by atoms with Gasteiger partial charge in [-0.2, -0.15) is 5.26 Å². The number of nitrogens with zero attached hydrogens (tertiary/aromatic N) is 1. The number of methoxy groups -OCH3 is 1. The highest BCUT2D eigenvalue weighted by Gasteiger charge is 2.49. The van der Waals surface area contributed by atoms with Crippen LogP contribution in [-0.4, -0.2) is 19.9 Å². The minimum absolute atomic E-state index is 0.0153. The van der Waals surface area contributed by atoms with Crippen LogP contribution in [0.15, 0.2) is 72.1 Å². The highest BCUT2D eigenvalue weighted by Crippen LogP contribution is 2.48. The number of hydrogen-bond donors (Lipinski definition) is 3. The second-order valence-corrected chi connectivity index (χ2v) is 9.56. The molecule has 10 heteroatoms. The van der Waals surface area contributed by atoms with Gasteiger partial charge in [0.15, 0.2) is 17.7 Å². The number of allylic oxidation sites excluding steroid dienone is 1. The van der Waals surface area contributed by atoms with Crippen molar-refractivity contribution in [3.8, 4) is 23.3 Å². The van der Waals surface area contributed by atoms with Crippen molar-refractivity contribution in [2.24, 2.45) is 11.7 Å². The number of rotatable bonds is 8. The van der Waals surface area contributed by atoms with Crippen molar-refractivity contribution in [3.63, 3.8) is 0 Å². The molecular weight excluding hydrogens is 523 g/mol. The van der Waals surface area contributed by atoms with E-state index in [1.165, 1.54) is 6.07 Å². The van der Waals surface area contributed by atoms with E-state index < -0.39 is 12.0 Å². The summed E-state index contributed by atoms with van der Waals surface area (Å²) in [4.78, 5) is 0. The Labute approximate surface area is 231 Å². The van der Waals surface area contributed by atoms with Crippen LogP contribution in [0.5, 0.6) is 17.2 Å². The van der Waals surface area contributed by atoms with Crippen molar-refractivity contribution in [1.82, 2.24) is 10.9 Å². The van der Waals surface area contributed by atoms with Crippen molar-refractivity contribution < 1.29 is 23.3 Å². The molecule has 0 spiro atoms. The van der Waals surface area contributed by atoms with Gasteiger partial charge in [0.2, 0.25) is 5.88 Å². The van der Waals surface area contributed by atoms with Crippen LogP contribution in [-0.2, 0) is 11.3 Å². The van der Waals surface area contributed by atoms with Crippen LogP contribution in [0.2, 0.25) is 5.02 Å². The van der Waals surface area contributed by atoms with Crippen LogP contribution < -0.4 is 30.8 Å². The van der Waals surface area contributed by atoms with Gasteiger partial charge in [-0.25, -0.2) is 15.2 Å². The van der Waals surface area contributed by atoms with Crippen molar-refractivity contribution in [1.29, 1.82) is 5.26 Å². The molecule has 5 rings (SSSR count). The zero-order valence-electron chi connectivity index (χ0n) is 21.4. The smallest absolute Gasteiger partial charge is 0.200 e. The van der Waals surface area contributed by atoms with Crippen molar-refractivity contribution >= 4 is 11.6 Å². The molecule has 4 N–H and O–H groups in total. The van der Waals surface area contributed by atoms with Crippen LogP contribution in [0.4, 0.5) is 4.39 Å². The van der Waals surface area contributed by atoms with Gasteiger partial charge >= 0.3 is 0 Å². The fourth-order valence-corrected chi connectivity index (χ4v) is 5.35. The second-order valence-electron chi connectivity index (χ2n) is 9.15. The second kappa shape index (κ2) is 11.4. The van der Waals surface area contributed by atoms with Crippen molar-refractivity contribution in [2.45, 2.75) is 31.7 Å². The summed E-state index contributed by atoms with van der Waals surface area (Å²) < 4.78 is 37.1. The van der Waals surface area contributed by atoms with E-state index in [1.807, 2.05) is 37.3 Å². The van der Waals surface area contributed by atoms with E-state index in [-0.39, 0.29) is 35.9 Å². The molecule has 0 bridgehead atoms. The fourth-order valence-electron chi connectivity index (χ4n) is 5.13.